The molecule has 0 amide bonds. The second-order valence-corrected chi connectivity index (χ2v) is 12.4. The molecule has 0 bridgehead atoms. The molecule has 2 saturated heterocycles. The van der Waals surface area contributed by atoms with Crippen LogP contribution in [0.5, 0.6) is 0 Å². The first-order valence-corrected chi connectivity index (χ1v) is 15.6. The number of nitrogen functional groups attached to an aromatic ring is 1. The fourth-order valence-corrected chi connectivity index (χ4v) is 7.09. The summed E-state index contributed by atoms with van der Waals surface area (Å²) in [6.45, 7) is 4.81. The topological polar surface area (TPSA) is 126 Å². The maximum atomic E-state index is 13.6. The van der Waals surface area contributed by atoms with Gasteiger partial charge in [0, 0.05) is 67.0 Å². The smallest absolute Gasteiger partial charge is 0.234 e. The SMILES string of the molecule is N#Cc1nccc(N2CC[C@]3(CCN(Cc4ccc(-n5c(-c6cccnc6N)cc6ncc(-c7ccc(F)cn7)cc65)cc4)C3)C2)n1. The van der Waals surface area contributed by atoms with Crippen molar-refractivity contribution in [2.45, 2.75) is 19.4 Å². The van der Waals surface area contributed by atoms with E-state index in [0.717, 1.165) is 84.9 Å². The number of pyridine rings is 3. The van der Waals surface area contributed by atoms with Crippen LogP contribution in [0.3, 0.4) is 0 Å². The van der Waals surface area contributed by atoms with E-state index in [4.69, 9.17) is 10.7 Å². The normalized spacial score (nSPS) is 17.9. The molecule has 2 N–H and O–H groups in total. The summed E-state index contributed by atoms with van der Waals surface area (Å²) in [5, 5.41) is 9.22. The zero-order chi connectivity index (χ0) is 32.0. The summed E-state index contributed by atoms with van der Waals surface area (Å²) in [4.78, 5) is 26.6. The van der Waals surface area contributed by atoms with Gasteiger partial charge in [0.2, 0.25) is 5.82 Å². The van der Waals surface area contributed by atoms with Crippen LogP contribution in [0.15, 0.2) is 91.5 Å². The van der Waals surface area contributed by atoms with Gasteiger partial charge in [-0.05, 0) is 79.5 Å². The van der Waals surface area contributed by atoms with Gasteiger partial charge in [0.25, 0.3) is 0 Å². The first kappa shape index (κ1) is 28.7. The van der Waals surface area contributed by atoms with E-state index in [1.807, 2.05) is 36.4 Å². The van der Waals surface area contributed by atoms with Crippen molar-refractivity contribution in [3.63, 3.8) is 0 Å². The highest BCUT2D eigenvalue weighted by molar-refractivity contribution is 5.90. The lowest BCUT2D eigenvalue weighted by atomic mass is 9.86. The van der Waals surface area contributed by atoms with Crippen molar-refractivity contribution in [2.24, 2.45) is 5.41 Å². The van der Waals surface area contributed by atoms with Crippen molar-refractivity contribution in [3.05, 3.63) is 109 Å². The number of likely N-dealkylation sites (tertiary alicyclic amines) is 1. The Balaban J connectivity index is 1.06. The van der Waals surface area contributed by atoms with Crippen LogP contribution in [0.1, 0.15) is 24.2 Å². The molecule has 8 rings (SSSR count). The number of hydrogen-bond acceptors (Lipinski definition) is 9. The van der Waals surface area contributed by atoms with E-state index in [1.165, 1.54) is 17.8 Å². The van der Waals surface area contributed by atoms with Crippen molar-refractivity contribution in [2.75, 3.05) is 36.8 Å². The molecular weight excluding hydrogens is 591 g/mol. The van der Waals surface area contributed by atoms with Crippen molar-refractivity contribution < 1.29 is 4.39 Å². The van der Waals surface area contributed by atoms with Crippen LogP contribution >= 0.6 is 0 Å². The van der Waals surface area contributed by atoms with Crippen molar-refractivity contribution >= 4 is 22.7 Å². The third-order valence-electron chi connectivity index (χ3n) is 9.41. The molecule has 0 radical (unpaired) electrons. The van der Waals surface area contributed by atoms with Crippen molar-refractivity contribution in [1.29, 1.82) is 5.26 Å². The molecule has 11 heteroatoms. The lowest BCUT2D eigenvalue weighted by molar-refractivity contribution is 0.270. The largest absolute Gasteiger partial charge is 0.383 e. The summed E-state index contributed by atoms with van der Waals surface area (Å²) in [5.74, 6) is 1.11. The highest BCUT2D eigenvalue weighted by Gasteiger charge is 2.43. The molecular formula is C36H31FN10. The van der Waals surface area contributed by atoms with Crippen LogP contribution in [0.2, 0.25) is 0 Å². The summed E-state index contributed by atoms with van der Waals surface area (Å²) in [7, 11) is 0. The van der Waals surface area contributed by atoms with Crippen LogP contribution in [0, 0.1) is 22.6 Å². The Kier molecular flexibility index (Phi) is 7.07. The van der Waals surface area contributed by atoms with Gasteiger partial charge in [-0.3, -0.25) is 14.9 Å². The van der Waals surface area contributed by atoms with Crippen LogP contribution in [-0.4, -0.2) is 60.6 Å². The van der Waals surface area contributed by atoms with Gasteiger partial charge in [0.05, 0.1) is 28.6 Å². The summed E-state index contributed by atoms with van der Waals surface area (Å²) < 4.78 is 15.7. The molecule has 2 aliphatic heterocycles. The van der Waals surface area contributed by atoms with E-state index in [9.17, 15) is 9.65 Å². The summed E-state index contributed by atoms with van der Waals surface area (Å²) in [6.07, 6.45) is 8.58. The standard InChI is InChI=1S/C36H31FN10/c37-26-5-8-29(43-20-26)25-16-32-30(42-19-25)17-31(28-2-1-12-41-35(28)39)47(32)27-6-3-24(4-7-27)21-45-14-10-36(22-45)11-15-46(23-36)34-9-13-40-33(18-38)44-34/h1-9,12-13,16-17,19-20H,10-11,14-15,21-23H2,(H2,39,41)/t36-/m0/s1. The number of nitriles is 1. The van der Waals surface area contributed by atoms with E-state index in [0.29, 0.717) is 11.5 Å². The van der Waals surface area contributed by atoms with Gasteiger partial charge in [0.15, 0.2) is 0 Å². The molecule has 47 heavy (non-hydrogen) atoms. The van der Waals surface area contributed by atoms with Gasteiger partial charge in [-0.2, -0.15) is 5.26 Å². The number of rotatable bonds is 6. The minimum Gasteiger partial charge on any atom is -0.383 e. The van der Waals surface area contributed by atoms with E-state index in [2.05, 4.69) is 58.6 Å². The maximum absolute atomic E-state index is 13.6. The van der Waals surface area contributed by atoms with E-state index >= 15 is 0 Å². The van der Waals surface area contributed by atoms with E-state index < -0.39 is 0 Å². The van der Waals surface area contributed by atoms with Crippen LogP contribution in [-0.2, 0) is 6.54 Å². The Morgan fingerprint density at radius 2 is 1.77 bits per heavy atom. The molecule has 1 spiro atoms. The summed E-state index contributed by atoms with van der Waals surface area (Å²) in [6, 6.07) is 23.5. The third-order valence-corrected chi connectivity index (χ3v) is 9.41. The predicted molar refractivity (Wildman–Crippen MR) is 178 cm³/mol. The number of benzene rings is 1. The maximum Gasteiger partial charge on any atom is 0.234 e. The number of nitrogens with two attached hydrogens (primary N) is 1. The molecule has 2 aliphatic rings. The van der Waals surface area contributed by atoms with Crippen LogP contribution < -0.4 is 10.6 Å². The number of halogens is 1. The quantitative estimate of drug-likeness (QED) is 0.251. The highest BCUT2D eigenvalue weighted by Crippen LogP contribution is 2.41. The van der Waals surface area contributed by atoms with E-state index in [1.54, 1.807) is 24.7 Å². The molecule has 1 atom stereocenters. The first-order valence-electron chi connectivity index (χ1n) is 15.6. The lowest BCUT2D eigenvalue weighted by Crippen LogP contribution is -2.31. The minimum absolute atomic E-state index is 0.213. The molecule has 0 aliphatic carbocycles. The highest BCUT2D eigenvalue weighted by atomic mass is 19.1. The second-order valence-electron chi connectivity index (χ2n) is 12.4. The molecule has 2 fully saturated rings. The first-order chi connectivity index (χ1) is 23.0. The monoisotopic (exact) mass is 622 g/mol. The molecule has 5 aromatic heterocycles. The van der Waals surface area contributed by atoms with Gasteiger partial charge >= 0.3 is 0 Å². The number of aromatic nitrogens is 6. The second kappa shape index (κ2) is 11.6. The molecule has 10 nitrogen and oxygen atoms in total. The molecule has 7 heterocycles. The van der Waals surface area contributed by atoms with Gasteiger partial charge in [-0.1, -0.05) is 12.1 Å². The van der Waals surface area contributed by atoms with E-state index in [-0.39, 0.29) is 17.1 Å². The Hall–Kier alpha value is -5.73. The molecule has 0 unspecified atom stereocenters. The Bertz CT molecular complexity index is 2140. The summed E-state index contributed by atoms with van der Waals surface area (Å²) in [5.41, 5.74) is 13.6. The third kappa shape index (κ3) is 5.42. The van der Waals surface area contributed by atoms with Gasteiger partial charge in [-0.25, -0.2) is 19.3 Å². The molecule has 0 saturated carbocycles. The predicted octanol–water partition coefficient (Wildman–Crippen LogP) is 5.63. The average molecular weight is 623 g/mol. The number of hydrogen-bond donors (Lipinski definition) is 1. The Labute approximate surface area is 271 Å². The van der Waals surface area contributed by atoms with Crippen LogP contribution in [0.25, 0.3) is 39.2 Å². The zero-order valence-electron chi connectivity index (χ0n) is 25.6. The number of nitrogens with zero attached hydrogens (tertiary/aromatic N) is 9. The van der Waals surface area contributed by atoms with Crippen LogP contribution in [0.4, 0.5) is 16.0 Å². The minimum atomic E-state index is -0.382. The fraction of sp³-hybridized carbons (Fsp3) is 0.222. The molecule has 232 valence electrons. The molecule has 6 aromatic rings. The van der Waals surface area contributed by atoms with Gasteiger partial charge in [-0.15, -0.1) is 0 Å². The average Bonchev–Trinajstić information content (AvgIpc) is 3.82. The molecule has 1 aromatic carbocycles. The summed E-state index contributed by atoms with van der Waals surface area (Å²) >= 11 is 0. The van der Waals surface area contributed by atoms with Crippen molar-refractivity contribution in [3.8, 4) is 34.3 Å². The number of anilines is 2. The number of fused-ring (bicyclic) bond motifs is 1. The van der Waals surface area contributed by atoms with Gasteiger partial charge < -0.3 is 15.2 Å². The fourth-order valence-electron chi connectivity index (χ4n) is 7.09. The lowest BCUT2D eigenvalue weighted by Gasteiger charge is -2.25. The van der Waals surface area contributed by atoms with Gasteiger partial charge in [0.1, 0.15) is 23.5 Å². The zero-order valence-corrected chi connectivity index (χ0v) is 25.6. The Morgan fingerprint density at radius 3 is 2.57 bits per heavy atom. The van der Waals surface area contributed by atoms with Crippen molar-refractivity contribution in [1.82, 2.24) is 34.4 Å². The Morgan fingerprint density at radius 1 is 0.894 bits per heavy atom.